The Kier molecular flexibility index (Phi) is 11.2. The van der Waals surface area contributed by atoms with Crippen molar-refractivity contribution in [1.82, 2.24) is 0 Å². The first-order valence-electron chi connectivity index (χ1n) is 14.0. The standard InChI is InChI=1S/C29H52O4/c1-7-8-9-10-11-12-13-23-21(3)22(15-17-26(23)29(4,5)6)19-33-28(32)24-16-14-20(2)18-25(24)27(30)31/h20-26H,7-19H2,1-6H3,(H,30,31). The molecule has 0 amide bonds. The number of ether oxygens (including phenoxy) is 1. The van der Waals surface area contributed by atoms with Crippen LogP contribution in [0.15, 0.2) is 0 Å². The van der Waals surface area contributed by atoms with Gasteiger partial charge >= 0.3 is 11.9 Å². The SMILES string of the molecule is CCCCCCCCC1C(C)C(COC(=O)C2CCC(C)CC2C(=O)O)CCC1C(C)(C)C. The highest BCUT2D eigenvalue weighted by atomic mass is 16.5. The number of carboxylic acids is 1. The molecule has 0 bridgehead atoms. The highest BCUT2D eigenvalue weighted by molar-refractivity contribution is 5.81. The molecule has 2 aliphatic carbocycles. The quantitative estimate of drug-likeness (QED) is 0.251. The molecule has 4 nitrogen and oxygen atoms in total. The number of aliphatic carboxylic acids is 1. The van der Waals surface area contributed by atoms with E-state index < -0.39 is 17.8 Å². The molecule has 7 unspecified atom stereocenters. The van der Waals surface area contributed by atoms with Crippen molar-refractivity contribution in [3.05, 3.63) is 0 Å². The maximum atomic E-state index is 12.9. The van der Waals surface area contributed by atoms with Crippen LogP contribution in [0.1, 0.15) is 119 Å². The second-order valence-electron chi connectivity index (χ2n) is 12.5. The molecular formula is C29H52O4. The molecule has 2 rings (SSSR count). The average Bonchev–Trinajstić information content (AvgIpc) is 2.75. The molecule has 0 aliphatic heterocycles. The van der Waals surface area contributed by atoms with Crippen LogP contribution in [0, 0.1) is 46.8 Å². The van der Waals surface area contributed by atoms with Gasteiger partial charge in [0.15, 0.2) is 0 Å². The summed E-state index contributed by atoms with van der Waals surface area (Å²) in [5.74, 6) is 0.507. The Balaban J connectivity index is 1.94. The molecule has 0 radical (unpaired) electrons. The molecule has 0 spiro atoms. The van der Waals surface area contributed by atoms with Crippen LogP contribution >= 0.6 is 0 Å². The molecule has 192 valence electrons. The van der Waals surface area contributed by atoms with Gasteiger partial charge in [-0.05, 0) is 73.5 Å². The number of hydrogen-bond donors (Lipinski definition) is 1. The van der Waals surface area contributed by atoms with E-state index in [1.165, 1.54) is 51.4 Å². The molecule has 2 saturated carbocycles. The normalized spacial score (nSPS) is 33.0. The number of esters is 1. The van der Waals surface area contributed by atoms with Crippen molar-refractivity contribution < 1.29 is 19.4 Å². The lowest BCUT2D eigenvalue weighted by Crippen LogP contribution is -2.42. The third kappa shape index (κ3) is 8.28. The number of unbranched alkanes of at least 4 members (excludes halogenated alkanes) is 5. The summed E-state index contributed by atoms with van der Waals surface area (Å²) in [6.45, 7) is 14.3. The summed E-state index contributed by atoms with van der Waals surface area (Å²) in [6, 6.07) is 0. The molecule has 0 heterocycles. The Bertz CT molecular complexity index is 607. The van der Waals surface area contributed by atoms with Crippen LogP contribution in [0.2, 0.25) is 0 Å². The third-order valence-electron chi connectivity index (χ3n) is 8.96. The first-order valence-corrected chi connectivity index (χ1v) is 14.0. The van der Waals surface area contributed by atoms with E-state index in [9.17, 15) is 14.7 Å². The summed E-state index contributed by atoms with van der Waals surface area (Å²) >= 11 is 0. The molecule has 2 aliphatic rings. The van der Waals surface area contributed by atoms with Gasteiger partial charge < -0.3 is 9.84 Å². The van der Waals surface area contributed by atoms with Gasteiger partial charge in [0.05, 0.1) is 18.4 Å². The highest BCUT2D eigenvalue weighted by Gasteiger charge is 2.43. The minimum absolute atomic E-state index is 0.271. The second-order valence-corrected chi connectivity index (χ2v) is 12.5. The van der Waals surface area contributed by atoms with Crippen molar-refractivity contribution in [2.45, 2.75) is 119 Å². The first kappa shape index (κ1) is 28.2. The maximum absolute atomic E-state index is 12.9. The summed E-state index contributed by atoms with van der Waals surface area (Å²) < 4.78 is 5.84. The molecule has 0 saturated heterocycles. The van der Waals surface area contributed by atoms with Crippen molar-refractivity contribution in [1.29, 1.82) is 0 Å². The predicted octanol–water partition coefficient (Wildman–Crippen LogP) is 7.74. The fourth-order valence-corrected chi connectivity index (χ4v) is 6.75. The van der Waals surface area contributed by atoms with Crippen molar-refractivity contribution in [2.75, 3.05) is 6.61 Å². The Morgan fingerprint density at radius 3 is 2.21 bits per heavy atom. The molecule has 0 aromatic rings. The van der Waals surface area contributed by atoms with Crippen LogP contribution in [-0.2, 0) is 14.3 Å². The lowest BCUT2D eigenvalue weighted by molar-refractivity contribution is -0.162. The Morgan fingerprint density at radius 2 is 1.58 bits per heavy atom. The van der Waals surface area contributed by atoms with Crippen LogP contribution < -0.4 is 0 Å². The lowest BCUT2D eigenvalue weighted by atomic mass is 9.58. The van der Waals surface area contributed by atoms with Gasteiger partial charge in [-0.2, -0.15) is 0 Å². The van der Waals surface area contributed by atoms with E-state index in [0.717, 1.165) is 12.8 Å². The lowest BCUT2D eigenvalue weighted by Gasteiger charge is -2.47. The van der Waals surface area contributed by atoms with Gasteiger partial charge in [0.2, 0.25) is 0 Å². The van der Waals surface area contributed by atoms with Gasteiger partial charge in [-0.3, -0.25) is 9.59 Å². The zero-order valence-electron chi connectivity index (χ0n) is 22.4. The largest absolute Gasteiger partial charge is 0.481 e. The van der Waals surface area contributed by atoms with Gasteiger partial charge in [0.1, 0.15) is 0 Å². The van der Waals surface area contributed by atoms with Gasteiger partial charge in [-0.25, -0.2) is 0 Å². The van der Waals surface area contributed by atoms with Gasteiger partial charge in [0, 0.05) is 0 Å². The molecule has 4 heteroatoms. The zero-order valence-corrected chi connectivity index (χ0v) is 22.4. The van der Waals surface area contributed by atoms with Crippen LogP contribution in [0.5, 0.6) is 0 Å². The zero-order chi connectivity index (χ0) is 24.6. The fraction of sp³-hybridized carbons (Fsp3) is 0.931. The van der Waals surface area contributed by atoms with E-state index in [2.05, 4.69) is 41.5 Å². The Labute approximate surface area is 203 Å². The van der Waals surface area contributed by atoms with E-state index in [4.69, 9.17) is 4.74 Å². The smallest absolute Gasteiger partial charge is 0.309 e. The van der Waals surface area contributed by atoms with Crippen LogP contribution in [0.4, 0.5) is 0 Å². The van der Waals surface area contributed by atoms with Gasteiger partial charge in [-0.15, -0.1) is 0 Å². The number of carbonyl (C=O) groups excluding carboxylic acids is 1. The Morgan fingerprint density at radius 1 is 0.909 bits per heavy atom. The van der Waals surface area contributed by atoms with Gasteiger partial charge in [-0.1, -0.05) is 80.1 Å². The topological polar surface area (TPSA) is 63.6 Å². The summed E-state index contributed by atoms with van der Waals surface area (Å²) in [5.41, 5.74) is 0.302. The second kappa shape index (κ2) is 13.1. The molecule has 33 heavy (non-hydrogen) atoms. The number of rotatable bonds is 11. The monoisotopic (exact) mass is 464 g/mol. The number of carboxylic acid groups (broad SMARTS) is 1. The minimum Gasteiger partial charge on any atom is -0.481 e. The van der Waals surface area contributed by atoms with E-state index in [-0.39, 0.29) is 5.97 Å². The van der Waals surface area contributed by atoms with E-state index in [1.54, 1.807) is 0 Å². The highest BCUT2D eigenvalue weighted by Crippen LogP contribution is 2.49. The number of carbonyl (C=O) groups is 2. The molecular weight excluding hydrogens is 412 g/mol. The molecule has 2 fully saturated rings. The summed E-state index contributed by atoms with van der Waals surface area (Å²) in [5, 5.41) is 9.62. The summed E-state index contributed by atoms with van der Waals surface area (Å²) in [4.78, 5) is 24.6. The van der Waals surface area contributed by atoms with Crippen molar-refractivity contribution >= 4 is 11.9 Å². The predicted molar refractivity (Wildman–Crippen MR) is 135 cm³/mol. The van der Waals surface area contributed by atoms with Crippen LogP contribution in [0.3, 0.4) is 0 Å². The molecule has 0 aromatic heterocycles. The molecule has 7 atom stereocenters. The van der Waals surface area contributed by atoms with E-state index in [0.29, 0.717) is 54.5 Å². The minimum atomic E-state index is -0.846. The molecule has 0 aromatic carbocycles. The summed E-state index contributed by atoms with van der Waals surface area (Å²) in [7, 11) is 0. The molecule has 1 N–H and O–H groups in total. The first-order chi connectivity index (χ1) is 15.6. The van der Waals surface area contributed by atoms with Crippen LogP contribution in [-0.4, -0.2) is 23.7 Å². The third-order valence-corrected chi connectivity index (χ3v) is 8.96. The Hall–Kier alpha value is -1.06. The van der Waals surface area contributed by atoms with Crippen molar-refractivity contribution in [2.24, 2.45) is 46.8 Å². The number of hydrogen-bond acceptors (Lipinski definition) is 3. The van der Waals surface area contributed by atoms with E-state index >= 15 is 0 Å². The average molecular weight is 465 g/mol. The van der Waals surface area contributed by atoms with Crippen molar-refractivity contribution in [3.8, 4) is 0 Å². The summed E-state index contributed by atoms with van der Waals surface area (Å²) in [6.07, 6.45) is 13.7. The fourth-order valence-electron chi connectivity index (χ4n) is 6.75. The van der Waals surface area contributed by atoms with E-state index in [1.807, 2.05) is 0 Å². The van der Waals surface area contributed by atoms with Crippen molar-refractivity contribution in [3.63, 3.8) is 0 Å². The maximum Gasteiger partial charge on any atom is 0.309 e. The van der Waals surface area contributed by atoms with Crippen LogP contribution in [0.25, 0.3) is 0 Å². The van der Waals surface area contributed by atoms with Gasteiger partial charge in [0.25, 0.3) is 0 Å².